The highest BCUT2D eigenvalue weighted by molar-refractivity contribution is 6.02. The molecular formula is C17H17NO2. The summed E-state index contributed by atoms with van der Waals surface area (Å²) in [5.41, 5.74) is 2.72. The van der Waals surface area contributed by atoms with Gasteiger partial charge in [-0.3, -0.25) is 4.79 Å². The molecule has 0 saturated carbocycles. The smallest absolute Gasteiger partial charge is 0.248 e. The van der Waals surface area contributed by atoms with Gasteiger partial charge in [0.1, 0.15) is 5.75 Å². The van der Waals surface area contributed by atoms with E-state index in [-0.39, 0.29) is 5.91 Å². The van der Waals surface area contributed by atoms with Gasteiger partial charge in [0.2, 0.25) is 5.91 Å². The predicted octanol–water partition coefficient (Wildman–Crippen LogP) is 3.66. The van der Waals surface area contributed by atoms with Gasteiger partial charge in [-0.15, -0.1) is 0 Å². The van der Waals surface area contributed by atoms with Gasteiger partial charge in [-0.25, -0.2) is 0 Å². The Morgan fingerprint density at radius 1 is 1.15 bits per heavy atom. The third kappa shape index (κ3) is 3.72. The first-order valence-corrected chi connectivity index (χ1v) is 6.38. The molecule has 0 unspecified atom stereocenters. The lowest BCUT2D eigenvalue weighted by molar-refractivity contribution is -0.111. The number of carbonyl (C=O) groups excluding carboxylic acids is 1. The summed E-state index contributed by atoms with van der Waals surface area (Å²) in [7, 11) is 1.58. The Hall–Kier alpha value is -2.55. The van der Waals surface area contributed by atoms with Crippen molar-refractivity contribution in [1.29, 1.82) is 0 Å². The number of nitrogens with one attached hydrogen (secondary N) is 1. The van der Waals surface area contributed by atoms with Gasteiger partial charge in [-0.1, -0.05) is 36.4 Å². The molecule has 3 nitrogen and oxygen atoms in total. The van der Waals surface area contributed by atoms with Crippen LogP contribution in [0.4, 0.5) is 5.69 Å². The lowest BCUT2D eigenvalue weighted by atomic mass is 10.2. The summed E-state index contributed by atoms with van der Waals surface area (Å²) in [5.74, 6) is 0.467. The molecule has 102 valence electrons. The van der Waals surface area contributed by atoms with Gasteiger partial charge in [0.25, 0.3) is 0 Å². The molecule has 0 bridgehead atoms. The second kappa shape index (κ2) is 6.57. The minimum absolute atomic E-state index is 0.183. The van der Waals surface area contributed by atoms with Gasteiger partial charge >= 0.3 is 0 Å². The van der Waals surface area contributed by atoms with Crippen LogP contribution in [-0.2, 0) is 4.79 Å². The number of anilines is 1. The third-order valence-corrected chi connectivity index (χ3v) is 2.84. The quantitative estimate of drug-likeness (QED) is 0.859. The molecule has 2 aromatic rings. The number of ether oxygens (including phenoxy) is 1. The van der Waals surface area contributed by atoms with Crippen molar-refractivity contribution in [1.82, 2.24) is 0 Å². The fourth-order valence-corrected chi connectivity index (χ4v) is 1.83. The monoisotopic (exact) mass is 267 g/mol. The summed E-state index contributed by atoms with van der Waals surface area (Å²) < 4.78 is 5.23. The first kappa shape index (κ1) is 13.9. The zero-order valence-corrected chi connectivity index (χ0v) is 11.6. The van der Waals surface area contributed by atoms with Crippen LogP contribution < -0.4 is 10.1 Å². The first-order valence-electron chi connectivity index (χ1n) is 6.38. The van der Waals surface area contributed by atoms with E-state index < -0.39 is 0 Å². The molecule has 1 amide bonds. The molecule has 2 rings (SSSR count). The fraction of sp³-hybridized carbons (Fsp3) is 0.118. The summed E-state index contributed by atoms with van der Waals surface area (Å²) in [6.07, 6.45) is 3.29. The largest absolute Gasteiger partial charge is 0.495 e. The molecule has 20 heavy (non-hydrogen) atoms. The number of rotatable bonds is 4. The van der Waals surface area contributed by atoms with E-state index in [1.54, 1.807) is 13.2 Å². The highest BCUT2D eigenvalue weighted by Gasteiger charge is 2.05. The summed E-state index contributed by atoms with van der Waals surface area (Å²) in [6.45, 7) is 1.97. The Morgan fingerprint density at radius 2 is 1.90 bits per heavy atom. The van der Waals surface area contributed by atoms with E-state index >= 15 is 0 Å². The second-order valence-corrected chi connectivity index (χ2v) is 4.44. The molecule has 0 aliphatic carbocycles. The number of hydrogen-bond donors (Lipinski definition) is 1. The Bertz CT molecular complexity index is 618. The van der Waals surface area contributed by atoms with Crippen LogP contribution in [0, 0.1) is 6.92 Å². The molecule has 0 radical (unpaired) electrons. The molecule has 0 aliphatic rings. The molecular weight excluding hydrogens is 250 g/mol. The number of methoxy groups -OCH3 is 1. The maximum atomic E-state index is 11.9. The van der Waals surface area contributed by atoms with Crippen molar-refractivity contribution in [3.8, 4) is 5.75 Å². The minimum atomic E-state index is -0.183. The average Bonchev–Trinajstić information content (AvgIpc) is 2.46. The molecule has 0 fully saturated rings. The van der Waals surface area contributed by atoms with Crippen LogP contribution in [0.3, 0.4) is 0 Å². The minimum Gasteiger partial charge on any atom is -0.495 e. The van der Waals surface area contributed by atoms with Gasteiger partial charge < -0.3 is 10.1 Å². The SMILES string of the molecule is COc1ccc(C)cc1NC(=O)/C=C/c1ccccc1. The van der Waals surface area contributed by atoms with Crippen molar-refractivity contribution < 1.29 is 9.53 Å². The van der Waals surface area contributed by atoms with Gasteiger partial charge in [-0.05, 0) is 36.3 Å². The van der Waals surface area contributed by atoms with Gasteiger partial charge in [0.05, 0.1) is 12.8 Å². The first-order chi connectivity index (χ1) is 9.69. The maximum Gasteiger partial charge on any atom is 0.248 e. The van der Waals surface area contributed by atoms with Crippen LogP contribution >= 0.6 is 0 Å². The van der Waals surface area contributed by atoms with Crippen molar-refractivity contribution in [2.24, 2.45) is 0 Å². The van der Waals surface area contributed by atoms with E-state index in [0.29, 0.717) is 11.4 Å². The van der Waals surface area contributed by atoms with E-state index in [0.717, 1.165) is 11.1 Å². The van der Waals surface area contributed by atoms with Crippen molar-refractivity contribution in [2.45, 2.75) is 6.92 Å². The van der Waals surface area contributed by atoms with Crippen molar-refractivity contribution in [3.05, 3.63) is 65.7 Å². The molecule has 1 N–H and O–H groups in total. The maximum absolute atomic E-state index is 11.9. The summed E-state index contributed by atoms with van der Waals surface area (Å²) in [4.78, 5) is 11.9. The van der Waals surface area contributed by atoms with E-state index in [1.807, 2.05) is 55.5 Å². The molecule has 0 heterocycles. The number of amides is 1. The van der Waals surface area contributed by atoms with Crippen molar-refractivity contribution >= 4 is 17.7 Å². The zero-order chi connectivity index (χ0) is 14.4. The lowest BCUT2D eigenvalue weighted by Gasteiger charge is -2.09. The van der Waals surface area contributed by atoms with Gasteiger partial charge in [0, 0.05) is 6.08 Å². The highest BCUT2D eigenvalue weighted by Crippen LogP contribution is 2.25. The number of aryl methyl sites for hydroxylation is 1. The van der Waals surface area contributed by atoms with Crippen LogP contribution in [-0.4, -0.2) is 13.0 Å². The Balaban J connectivity index is 2.08. The molecule has 2 aromatic carbocycles. The normalized spacial score (nSPS) is 10.5. The van der Waals surface area contributed by atoms with Crippen LogP contribution in [0.1, 0.15) is 11.1 Å². The Kier molecular flexibility index (Phi) is 4.56. The topological polar surface area (TPSA) is 38.3 Å². The second-order valence-electron chi connectivity index (χ2n) is 4.44. The van der Waals surface area contributed by atoms with E-state index in [9.17, 15) is 4.79 Å². The van der Waals surface area contributed by atoms with E-state index in [4.69, 9.17) is 4.74 Å². The standard InChI is InChI=1S/C17H17NO2/c1-13-8-10-16(20-2)15(12-13)18-17(19)11-9-14-6-4-3-5-7-14/h3-12H,1-2H3,(H,18,19)/b11-9+. The number of benzene rings is 2. The summed E-state index contributed by atoms with van der Waals surface area (Å²) in [5, 5.41) is 2.82. The predicted molar refractivity (Wildman–Crippen MR) is 81.8 cm³/mol. The Morgan fingerprint density at radius 3 is 2.60 bits per heavy atom. The molecule has 0 spiro atoms. The van der Waals surface area contributed by atoms with Crippen LogP contribution in [0.5, 0.6) is 5.75 Å². The third-order valence-electron chi connectivity index (χ3n) is 2.84. The number of carbonyl (C=O) groups is 1. The molecule has 0 atom stereocenters. The molecule has 0 aliphatic heterocycles. The van der Waals surface area contributed by atoms with Crippen molar-refractivity contribution in [3.63, 3.8) is 0 Å². The lowest BCUT2D eigenvalue weighted by Crippen LogP contribution is -2.09. The van der Waals surface area contributed by atoms with Crippen LogP contribution in [0.25, 0.3) is 6.08 Å². The number of hydrogen-bond acceptors (Lipinski definition) is 2. The fourth-order valence-electron chi connectivity index (χ4n) is 1.83. The van der Waals surface area contributed by atoms with Crippen LogP contribution in [0.15, 0.2) is 54.6 Å². The summed E-state index contributed by atoms with van der Waals surface area (Å²) >= 11 is 0. The Labute approximate surface area is 118 Å². The van der Waals surface area contributed by atoms with E-state index in [1.165, 1.54) is 6.08 Å². The average molecular weight is 267 g/mol. The van der Waals surface area contributed by atoms with Gasteiger partial charge in [0.15, 0.2) is 0 Å². The molecule has 3 heteroatoms. The van der Waals surface area contributed by atoms with Gasteiger partial charge in [-0.2, -0.15) is 0 Å². The highest BCUT2D eigenvalue weighted by atomic mass is 16.5. The summed E-state index contributed by atoms with van der Waals surface area (Å²) in [6, 6.07) is 15.3. The van der Waals surface area contributed by atoms with Crippen molar-refractivity contribution in [2.75, 3.05) is 12.4 Å². The van der Waals surface area contributed by atoms with E-state index in [2.05, 4.69) is 5.32 Å². The van der Waals surface area contributed by atoms with Crippen LogP contribution in [0.2, 0.25) is 0 Å². The molecule has 0 aromatic heterocycles. The molecule has 0 saturated heterocycles. The zero-order valence-electron chi connectivity index (χ0n) is 11.6.